The molecule has 3 N–H and O–H groups in total. The fraction of sp³-hybridized carbons (Fsp3) is 0.389. The number of aromatic hydroxyl groups is 1. The SMILES string of the molecule is Cc1cc(CC(=O)N2CC(O)CC2C(=O)NCc2ccc(O)cc2)on1. The zero-order chi connectivity index (χ0) is 18.7. The largest absolute Gasteiger partial charge is 0.508 e. The van der Waals surface area contributed by atoms with Crippen LogP contribution in [-0.4, -0.2) is 50.8 Å². The Morgan fingerprint density at radius 3 is 2.73 bits per heavy atom. The molecule has 1 aliphatic heterocycles. The van der Waals surface area contributed by atoms with Crippen LogP contribution in [0.1, 0.15) is 23.4 Å². The van der Waals surface area contributed by atoms with Crippen LogP contribution in [-0.2, 0) is 22.6 Å². The van der Waals surface area contributed by atoms with Crippen LogP contribution in [0.4, 0.5) is 0 Å². The molecule has 8 nitrogen and oxygen atoms in total. The van der Waals surface area contributed by atoms with Crippen molar-refractivity contribution in [3.05, 3.63) is 47.3 Å². The van der Waals surface area contributed by atoms with Gasteiger partial charge in [0.2, 0.25) is 11.8 Å². The van der Waals surface area contributed by atoms with Crippen LogP contribution in [0.25, 0.3) is 0 Å². The quantitative estimate of drug-likeness (QED) is 0.716. The van der Waals surface area contributed by atoms with Crippen molar-refractivity contribution in [3.63, 3.8) is 0 Å². The first-order valence-corrected chi connectivity index (χ1v) is 8.37. The lowest BCUT2D eigenvalue weighted by Gasteiger charge is -2.23. The van der Waals surface area contributed by atoms with E-state index in [1.165, 1.54) is 17.0 Å². The Morgan fingerprint density at radius 1 is 1.35 bits per heavy atom. The van der Waals surface area contributed by atoms with E-state index in [0.717, 1.165) is 5.56 Å². The predicted octanol–water partition coefficient (Wildman–Crippen LogP) is 0.509. The van der Waals surface area contributed by atoms with E-state index in [4.69, 9.17) is 4.52 Å². The molecule has 26 heavy (non-hydrogen) atoms. The van der Waals surface area contributed by atoms with Crippen molar-refractivity contribution in [3.8, 4) is 5.75 Å². The number of nitrogens with zero attached hydrogens (tertiary/aromatic N) is 2. The number of aliphatic hydroxyl groups excluding tert-OH is 1. The number of β-amino-alcohol motifs (C(OH)–C–C–N with tert-alkyl or cyclic N) is 1. The van der Waals surface area contributed by atoms with Gasteiger partial charge in [0, 0.05) is 25.6 Å². The Kier molecular flexibility index (Phi) is 5.22. The minimum atomic E-state index is -0.736. The van der Waals surface area contributed by atoms with E-state index < -0.39 is 12.1 Å². The lowest BCUT2D eigenvalue weighted by molar-refractivity contribution is -0.138. The van der Waals surface area contributed by atoms with Gasteiger partial charge < -0.3 is 25.0 Å². The highest BCUT2D eigenvalue weighted by Crippen LogP contribution is 2.20. The van der Waals surface area contributed by atoms with Crippen molar-refractivity contribution in [2.45, 2.75) is 38.5 Å². The van der Waals surface area contributed by atoms with Gasteiger partial charge in [-0.3, -0.25) is 9.59 Å². The number of phenolic OH excluding ortho intramolecular Hbond substituents is 1. The van der Waals surface area contributed by atoms with Gasteiger partial charge in [-0.15, -0.1) is 0 Å². The van der Waals surface area contributed by atoms with Crippen molar-refractivity contribution in [1.82, 2.24) is 15.4 Å². The third-order valence-electron chi connectivity index (χ3n) is 4.31. The van der Waals surface area contributed by atoms with Gasteiger partial charge in [0.05, 0.1) is 18.2 Å². The third-order valence-corrected chi connectivity index (χ3v) is 4.31. The maximum absolute atomic E-state index is 12.5. The number of aliphatic hydroxyl groups is 1. The highest BCUT2D eigenvalue weighted by atomic mass is 16.5. The number of rotatable bonds is 5. The summed E-state index contributed by atoms with van der Waals surface area (Å²) < 4.78 is 5.05. The fourth-order valence-corrected chi connectivity index (χ4v) is 3.01. The van der Waals surface area contributed by atoms with Crippen molar-refractivity contribution in [1.29, 1.82) is 0 Å². The Labute approximate surface area is 150 Å². The molecular formula is C18H21N3O5. The molecule has 3 rings (SSSR count). The number of aromatic nitrogens is 1. The number of aryl methyl sites for hydroxylation is 1. The second-order valence-electron chi connectivity index (χ2n) is 6.45. The molecule has 138 valence electrons. The van der Waals surface area contributed by atoms with Crippen LogP contribution >= 0.6 is 0 Å². The molecule has 2 unspecified atom stereocenters. The summed E-state index contributed by atoms with van der Waals surface area (Å²) in [5, 5.41) is 25.7. The Balaban J connectivity index is 1.61. The number of hydrogen-bond acceptors (Lipinski definition) is 6. The Hall–Kier alpha value is -2.87. The van der Waals surface area contributed by atoms with Gasteiger partial charge in [-0.2, -0.15) is 0 Å². The van der Waals surface area contributed by atoms with Gasteiger partial charge in [0.15, 0.2) is 0 Å². The number of carbonyl (C=O) groups excluding carboxylic acids is 2. The molecule has 0 bridgehead atoms. The average Bonchev–Trinajstić information content (AvgIpc) is 3.19. The fourth-order valence-electron chi connectivity index (χ4n) is 3.01. The zero-order valence-corrected chi connectivity index (χ0v) is 14.4. The van der Waals surface area contributed by atoms with Crippen LogP contribution in [0.3, 0.4) is 0 Å². The summed E-state index contributed by atoms with van der Waals surface area (Å²) in [7, 11) is 0. The molecular weight excluding hydrogens is 338 g/mol. The number of carbonyl (C=O) groups is 2. The van der Waals surface area contributed by atoms with Crippen molar-refractivity contribution >= 4 is 11.8 Å². The lowest BCUT2D eigenvalue weighted by Crippen LogP contribution is -2.46. The molecule has 8 heteroatoms. The smallest absolute Gasteiger partial charge is 0.243 e. The molecule has 0 spiro atoms. The van der Waals surface area contributed by atoms with Crippen molar-refractivity contribution in [2.24, 2.45) is 0 Å². The maximum atomic E-state index is 12.5. The second kappa shape index (κ2) is 7.57. The summed E-state index contributed by atoms with van der Waals surface area (Å²) in [6.07, 6.45) is -0.544. The molecule has 1 aromatic heterocycles. The highest BCUT2D eigenvalue weighted by molar-refractivity contribution is 5.89. The average molecular weight is 359 g/mol. The van der Waals surface area contributed by atoms with Gasteiger partial charge in [0.25, 0.3) is 0 Å². The van der Waals surface area contributed by atoms with E-state index in [1.807, 2.05) is 0 Å². The molecule has 1 fully saturated rings. The summed E-state index contributed by atoms with van der Waals surface area (Å²) in [5.74, 6) is -0.0326. The van der Waals surface area contributed by atoms with Crippen molar-refractivity contribution in [2.75, 3.05) is 6.54 Å². The molecule has 0 radical (unpaired) electrons. The van der Waals surface area contributed by atoms with Gasteiger partial charge in [-0.05, 0) is 24.6 Å². The van der Waals surface area contributed by atoms with E-state index in [0.29, 0.717) is 11.5 Å². The summed E-state index contributed by atoms with van der Waals surface area (Å²) in [6.45, 7) is 2.15. The minimum absolute atomic E-state index is 0.00466. The molecule has 1 aromatic carbocycles. The van der Waals surface area contributed by atoms with E-state index in [1.54, 1.807) is 25.1 Å². The highest BCUT2D eigenvalue weighted by Gasteiger charge is 2.38. The maximum Gasteiger partial charge on any atom is 0.243 e. The molecule has 2 heterocycles. The summed E-state index contributed by atoms with van der Waals surface area (Å²) in [6, 6.07) is 7.43. The summed E-state index contributed by atoms with van der Waals surface area (Å²) in [5.41, 5.74) is 1.50. The molecule has 2 aromatic rings. The first kappa shape index (κ1) is 17.9. The van der Waals surface area contributed by atoms with E-state index in [-0.39, 0.29) is 43.5 Å². The van der Waals surface area contributed by atoms with Gasteiger partial charge >= 0.3 is 0 Å². The number of hydrogen-bond donors (Lipinski definition) is 3. The number of likely N-dealkylation sites (tertiary alicyclic amines) is 1. The number of benzene rings is 1. The molecule has 0 saturated carbocycles. The number of amides is 2. The molecule has 2 atom stereocenters. The first-order chi connectivity index (χ1) is 12.4. The normalized spacial score (nSPS) is 19.5. The predicted molar refractivity (Wildman–Crippen MR) is 91.0 cm³/mol. The third kappa shape index (κ3) is 4.20. The zero-order valence-electron chi connectivity index (χ0n) is 14.4. The Bertz CT molecular complexity index is 786. The second-order valence-corrected chi connectivity index (χ2v) is 6.45. The Morgan fingerprint density at radius 2 is 2.08 bits per heavy atom. The van der Waals surface area contributed by atoms with Crippen LogP contribution in [0.5, 0.6) is 5.75 Å². The minimum Gasteiger partial charge on any atom is -0.508 e. The molecule has 0 aliphatic carbocycles. The van der Waals surface area contributed by atoms with Gasteiger partial charge in [0.1, 0.15) is 17.6 Å². The van der Waals surface area contributed by atoms with E-state index in [2.05, 4.69) is 10.5 Å². The number of phenols is 1. The van der Waals surface area contributed by atoms with E-state index >= 15 is 0 Å². The van der Waals surface area contributed by atoms with Crippen LogP contribution in [0.15, 0.2) is 34.9 Å². The summed E-state index contributed by atoms with van der Waals surface area (Å²) >= 11 is 0. The lowest BCUT2D eigenvalue weighted by atomic mass is 10.1. The monoisotopic (exact) mass is 359 g/mol. The standard InChI is InChI=1S/C18H21N3O5/c1-11-6-15(26-20-11)8-17(24)21-10-14(23)7-16(21)18(25)19-9-12-2-4-13(22)5-3-12/h2-6,14,16,22-23H,7-10H2,1H3,(H,19,25). The molecule has 1 aliphatic rings. The topological polar surface area (TPSA) is 116 Å². The van der Waals surface area contributed by atoms with Crippen LogP contribution < -0.4 is 5.32 Å². The van der Waals surface area contributed by atoms with Gasteiger partial charge in [-0.25, -0.2) is 0 Å². The van der Waals surface area contributed by atoms with Crippen LogP contribution in [0, 0.1) is 6.92 Å². The van der Waals surface area contributed by atoms with Crippen LogP contribution in [0.2, 0.25) is 0 Å². The van der Waals surface area contributed by atoms with Crippen molar-refractivity contribution < 1.29 is 24.3 Å². The molecule has 2 amide bonds. The van der Waals surface area contributed by atoms with Gasteiger partial charge in [-0.1, -0.05) is 17.3 Å². The molecule has 1 saturated heterocycles. The first-order valence-electron chi connectivity index (χ1n) is 8.37. The number of nitrogens with one attached hydrogen (secondary N) is 1. The summed E-state index contributed by atoms with van der Waals surface area (Å²) in [4.78, 5) is 26.4. The van der Waals surface area contributed by atoms with E-state index in [9.17, 15) is 19.8 Å².